The molecule has 2 fully saturated rings. The van der Waals surface area contributed by atoms with Gasteiger partial charge in [0.05, 0.1) is 26.2 Å². The molecular formula is C23H45NO4. The van der Waals surface area contributed by atoms with E-state index in [1.54, 1.807) is 7.11 Å². The van der Waals surface area contributed by atoms with Crippen molar-refractivity contribution in [1.29, 1.82) is 0 Å². The monoisotopic (exact) mass is 399 g/mol. The lowest BCUT2D eigenvalue weighted by atomic mass is 9.83. The SMILES string of the molecule is CC.CC(C)C(=O)C1CCCCC1.COCCOCCC(=O)N1CCCCC1. The van der Waals surface area contributed by atoms with Crippen LogP contribution in [0.4, 0.5) is 0 Å². The first-order valence-electron chi connectivity index (χ1n) is 11.4. The molecule has 5 nitrogen and oxygen atoms in total. The molecule has 1 saturated heterocycles. The fourth-order valence-corrected chi connectivity index (χ4v) is 3.56. The number of amides is 1. The van der Waals surface area contributed by atoms with Gasteiger partial charge in [0.15, 0.2) is 0 Å². The maximum atomic E-state index is 11.6. The highest BCUT2D eigenvalue weighted by molar-refractivity contribution is 5.82. The molecule has 0 aromatic heterocycles. The van der Waals surface area contributed by atoms with Crippen LogP contribution in [0.3, 0.4) is 0 Å². The summed E-state index contributed by atoms with van der Waals surface area (Å²) in [5, 5.41) is 0. The number of carbonyl (C=O) groups excluding carboxylic acids is 2. The Morgan fingerprint density at radius 3 is 2.00 bits per heavy atom. The number of likely N-dealkylation sites (tertiary alicyclic amines) is 1. The Bertz CT molecular complexity index is 386. The molecule has 1 aliphatic carbocycles. The summed E-state index contributed by atoms with van der Waals surface area (Å²) in [7, 11) is 1.64. The highest BCUT2D eigenvalue weighted by Gasteiger charge is 2.22. The molecule has 0 aromatic carbocycles. The van der Waals surface area contributed by atoms with Gasteiger partial charge in [0, 0.05) is 32.0 Å². The van der Waals surface area contributed by atoms with Crippen molar-refractivity contribution in [3.8, 4) is 0 Å². The first kappa shape index (κ1) is 27.1. The van der Waals surface area contributed by atoms with Crippen LogP contribution in [0.25, 0.3) is 0 Å². The minimum absolute atomic E-state index is 0.229. The molecule has 0 aromatic rings. The number of nitrogens with zero attached hydrogens (tertiary/aromatic N) is 1. The van der Waals surface area contributed by atoms with E-state index in [4.69, 9.17) is 9.47 Å². The fourth-order valence-electron chi connectivity index (χ4n) is 3.56. The van der Waals surface area contributed by atoms with Crippen LogP contribution in [0, 0.1) is 11.8 Å². The second kappa shape index (κ2) is 18.1. The van der Waals surface area contributed by atoms with Gasteiger partial charge in [-0.3, -0.25) is 9.59 Å². The standard InChI is InChI=1S/C11H21NO3.C10H18O.C2H6/c1-14-9-10-15-8-5-11(13)12-6-3-2-4-7-12;1-8(2)10(11)9-6-4-3-5-7-9;1-2/h2-10H2,1H3;8-9H,3-7H2,1-2H3;1-2H3. The summed E-state index contributed by atoms with van der Waals surface area (Å²) in [6.07, 6.45) is 10.2. The number of carbonyl (C=O) groups is 2. The summed E-state index contributed by atoms with van der Waals surface area (Å²) < 4.78 is 10.1. The van der Waals surface area contributed by atoms with Crippen molar-refractivity contribution in [2.24, 2.45) is 11.8 Å². The van der Waals surface area contributed by atoms with Crippen molar-refractivity contribution >= 4 is 11.7 Å². The van der Waals surface area contributed by atoms with Crippen LogP contribution in [0.1, 0.15) is 85.5 Å². The quantitative estimate of drug-likeness (QED) is 0.546. The molecule has 0 radical (unpaired) electrons. The fraction of sp³-hybridized carbons (Fsp3) is 0.913. The lowest BCUT2D eigenvalue weighted by Crippen LogP contribution is -2.36. The zero-order chi connectivity index (χ0) is 21.2. The first-order valence-corrected chi connectivity index (χ1v) is 11.4. The van der Waals surface area contributed by atoms with Gasteiger partial charge in [0.25, 0.3) is 0 Å². The van der Waals surface area contributed by atoms with E-state index in [-0.39, 0.29) is 11.8 Å². The maximum Gasteiger partial charge on any atom is 0.224 e. The number of methoxy groups -OCH3 is 1. The van der Waals surface area contributed by atoms with Crippen LogP contribution in [0.15, 0.2) is 0 Å². The highest BCUT2D eigenvalue weighted by Crippen LogP contribution is 2.26. The van der Waals surface area contributed by atoms with Gasteiger partial charge >= 0.3 is 0 Å². The summed E-state index contributed by atoms with van der Waals surface area (Å²) in [6.45, 7) is 11.6. The molecule has 2 rings (SSSR count). The van der Waals surface area contributed by atoms with Crippen LogP contribution in [-0.4, -0.2) is 56.6 Å². The van der Waals surface area contributed by atoms with E-state index in [1.807, 2.05) is 32.6 Å². The Balaban J connectivity index is 0.000000497. The molecule has 0 spiro atoms. The van der Waals surface area contributed by atoms with Gasteiger partial charge < -0.3 is 14.4 Å². The van der Waals surface area contributed by atoms with Crippen LogP contribution < -0.4 is 0 Å². The lowest BCUT2D eigenvalue weighted by Gasteiger charge is -2.26. The van der Waals surface area contributed by atoms with Gasteiger partial charge in [0.2, 0.25) is 5.91 Å². The zero-order valence-corrected chi connectivity index (χ0v) is 19.1. The average Bonchev–Trinajstić information content (AvgIpc) is 2.76. The van der Waals surface area contributed by atoms with E-state index in [9.17, 15) is 9.59 Å². The predicted octanol–water partition coefficient (Wildman–Crippen LogP) is 4.87. The molecule has 0 bridgehead atoms. The Labute approximate surface area is 173 Å². The Kier molecular flexibility index (Phi) is 17.5. The van der Waals surface area contributed by atoms with E-state index in [2.05, 4.69) is 0 Å². The minimum atomic E-state index is 0.229. The third-order valence-corrected chi connectivity index (χ3v) is 5.18. The van der Waals surface area contributed by atoms with E-state index >= 15 is 0 Å². The number of rotatable bonds is 8. The van der Waals surface area contributed by atoms with E-state index < -0.39 is 0 Å². The van der Waals surface area contributed by atoms with Gasteiger partial charge in [-0.2, -0.15) is 0 Å². The molecule has 1 amide bonds. The number of hydrogen-bond donors (Lipinski definition) is 0. The van der Waals surface area contributed by atoms with E-state index in [0.717, 1.165) is 38.8 Å². The molecule has 1 saturated carbocycles. The van der Waals surface area contributed by atoms with Gasteiger partial charge in [-0.1, -0.05) is 47.0 Å². The third kappa shape index (κ3) is 12.5. The van der Waals surface area contributed by atoms with Crippen molar-refractivity contribution in [1.82, 2.24) is 4.90 Å². The molecule has 5 heteroatoms. The Morgan fingerprint density at radius 1 is 0.893 bits per heavy atom. The molecular weight excluding hydrogens is 354 g/mol. The molecule has 1 aliphatic heterocycles. The zero-order valence-electron chi connectivity index (χ0n) is 19.1. The number of ketones is 1. The second-order valence-electron chi connectivity index (χ2n) is 7.69. The highest BCUT2D eigenvalue weighted by atomic mass is 16.5. The predicted molar refractivity (Wildman–Crippen MR) is 116 cm³/mol. The smallest absolute Gasteiger partial charge is 0.224 e. The Hall–Kier alpha value is -0.940. The molecule has 0 atom stereocenters. The van der Waals surface area contributed by atoms with Crippen LogP contribution >= 0.6 is 0 Å². The topological polar surface area (TPSA) is 55.8 Å². The maximum absolute atomic E-state index is 11.6. The molecule has 1 heterocycles. The normalized spacial score (nSPS) is 17.3. The molecule has 0 unspecified atom stereocenters. The average molecular weight is 400 g/mol. The number of Topliss-reactive ketones (excluding diaryl/α,β-unsaturated/α-hetero) is 1. The summed E-state index contributed by atoms with van der Waals surface area (Å²) in [6, 6.07) is 0. The third-order valence-electron chi connectivity index (χ3n) is 5.18. The van der Waals surface area contributed by atoms with Crippen LogP contribution in [0.5, 0.6) is 0 Å². The lowest BCUT2D eigenvalue weighted by molar-refractivity contribution is -0.133. The summed E-state index contributed by atoms with van der Waals surface area (Å²) in [5.41, 5.74) is 0. The second-order valence-corrected chi connectivity index (χ2v) is 7.69. The summed E-state index contributed by atoms with van der Waals surface area (Å²) in [5.74, 6) is 1.37. The van der Waals surface area contributed by atoms with E-state index in [0.29, 0.717) is 37.9 Å². The number of hydrogen-bond acceptors (Lipinski definition) is 4. The molecule has 166 valence electrons. The van der Waals surface area contributed by atoms with Crippen molar-refractivity contribution in [2.75, 3.05) is 40.0 Å². The van der Waals surface area contributed by atoms with Crippen molar-refractivity contribution in [3.05, 3.63) is 0 Å². The van der Waals surface area contributed by atoms with Crippen LogP contribution in [-0.2, 0) is 19.1 Å². The summed E-state index contributed by atoms with van der Waals surface area (Å²) >= 11 is 0. The van der Waals surface area contributed by atoms with Gasteiger partial charge in [-0.25, -0.2) is 0 Å². The van der Waals surface area contributed by atoms with Gasteiger partial charge in [0.1, 0.15) is 5.78 Å². The molecule has 28 heavy (non-hydrogen) atoms. The number of piperidine rings is 1. The largest absolute Gasteiger partial charge is 0.382 e. The molecule has 2 aliphatic rings. The summed E-state index contributed by atoms with van der Waals surface area (Å²) in [4.78, 5) is 25.1. The van der Waals surface area contributed by atoms with Gasteiger partial charge in [-0.05, 0) is 32.1 Å². The Morgan fingerprint density at radius 2 is 1.46 bits per heavy atom. The minimum Gasteiger partial charge on any atom is -0.382 e. The van der Waals surface area contributed by atoms with Gasteiger partial charge in [-0.15, -0.1) is 0 Å². The van der Waals surface area contributed by atoms with Crippen molar-refractivity contribution < 1.29 is 19.1 Å². The van der Waals surface area contributed by atoms with Crippen LogP contribution in [0.2, 0.25) is 0 Å². The van der Waals surface area contributed by atoms with E-state index in [1.165, 1.54) is 25.7 Å². The molecule has 0 N–H and O–H groups in total. The number of ether oxygens (including phenoxy) is 2. The first-order chi connectivity index (χ1) is 13.6. The van der Waals surface area contributed by atoms with Crippen molar-refractivity contribution in [3.63, 3.8) is 0 Å². The van der Waals surface area contributed by atoms with Crippen molar-refractivity contribution in [2.45, 2.75) is 85.5 Å².